The normalized spacial score (nSPS) is 11.4. The van der Waals surface area contributed by atoms with Crippen LogP contribution in [0.4, 0.5) is 4.39 Å². The number of alkyl halides is 1. The van der Waals surface area contributed by atoms with Gasteiger partial charge in [0.05, 0.1) is 20.5 Å². The summed E-state index contributed by atoms with van der Waals surface area (Å²) in [7, 11) is 0. The third-order valence-corrected chi connectivity index (χ3v) is 4.37. The van der Waals surface area contributed by atoms with Gasteiger partial charge in [-0.25, -0.2) is 9.37 Å². The highest BCUT2D eigenvalue weighted by molar-refractivity contribution is 14.1. The van der Waals surface area contributed by atoms with Gasteiger partial charge in [0.15, 0.2) is 0 Å². The summed E-state index contributed by atoms with van der Waals surface area (Å²) in [5, 5.41) is 0. The van der Waals surface area contributed by atoms with E-state index in [4.69, 9.17) is 16.3 Å². The highest BCUT2D eigenvalue weighted by Crippen LogP contribution is 2.23. The maximum atomic E-state index is 13.8. The molecule has 1 aromatic carbocycles. The first-order valence-electron chi connectivity index (χ1n) is 7.15. The average molecular weight is 425 g/mol. The molecule has 0 saturated heterocycles. The minimum absolute atomic E-state index is 0.218. The van der Waals surface area contributed by atoms with Gasteiger partial charge in [0.25, 0.3) is 0 Å². The van der Waals surface area contributed by atoms with Crippen LogP contribution in [0.1, 0.15) is 32.0 Å². The maximum absolute atomic E-state index is 13.8. The van der Waals surface area contributed by atoms with Crippen molar-refractivity contribution in [3.8, 4) is 0 Å². The fraction of sp³-hybridized carbons (Fsp3) is 0.533. The SMILES string of the molecule is CCCCOCCCn1c(CCl)nc2cc(I)c(F)cc21. The maximum Gasteiger partial charge on any atom is 0.138 e. The molecule has 0 aliphatic heterocycles. The van der Waals surface area contributed by atoms with Gasteiger partial charge < -0.3 is 9.30 Å². The summed E-state index contributed by atoms with van der Waals surface area (Å²) in [4.78, 5) is 4.48. The Morgan fingerprint density at radius 3 is 2.81 bits per heavy atom. The molecule has 2 rings (SSSR count). The number of unbranched alkanes of at least 4 members (excludes halogenated alkanes) is 1. The smallest absolute Gasteiger partial charge is 0.138 e. The molecule has 3 nitrogen and oxygen atoms in total. The molecule has 1 aromatic heterocycles. The summed E-state index contributed by atoms with van der Waals surface area (Å²) in [5.74, 6) is 0.884. The Morgan fingerprint density at radius 2 is 2.10 bits per heavy atom. The lowest BCUT2D eigenvalue weighted by Gasteiger charge is -2.08. The fourth-order valence-electron chi connectivity index (χ4n) is 2.19. The van der Waals surface area contributed by atoms with Gasteiger partial charge in [-0.1, -0.05) is 13.3 Å². The first kappa shape index (κ1) is 17.0. The van der Waals surface area contributed by atoms with Gasteiger partial charge in [0.1, 0.15) is 11.6 Å². The van der Waals surface area contributed by atoms with Crippen molar-refractivity contribution in [3.63, 3.8) is 0 Å². The monoisotopic (exact) mass is 424 g/mol. The summed E-state index contributed by atoms with van der Waals surface area (Å²) in [6.45, 7) is 4.39. The third-order valence-electron chi connectivity index (χ3n) is 3.30. The molecule has 0 aliphatic rings. The van der Waals surface area contributed by atoms with Gasteiger partial charge in [-0.3, -0.25) is 0 Å². The van der Waals surface area contributed by atoms with Crippen molar-refractivity contribution in [1.29, 1.82) is 0 Å². The van der Waals surface area contributed by atoms with E-state index in [0.29, 0.717) is 16.1 Å². The van der Waals surface area contributed by atoms with Crippen LogP contribution in [0.3, 0.4) is 0 Å². The number of ether oxygens (including phenoxy) is 1. The molecule has 116 valence electrons. The van der Waals surface area contributed by atoms with Gasteiger partial charge in [-0.05, 0) is 41.5 Å². The lowest BCUT2D eigenvalue weighted by molar-refractivity contribution is 0.126. The van der Waals surface area contributed by atoms with Crippen molar-refractivity contribution in [2.24, 2.45) is 0 Å². The molecule has 2 aromatic rings. The molecule has 0 amide bonds. The van der Waals surface area contributed by atoms with Crippen molar-refractivity contribution in [1.82, 2.24) is 9.55 Å². The fourth-order valence-corrected chi connectivity index (χ4v) is 2.85. The lowest BCUT2D eigenvalue weighted by Crippen LogP contribution is -2.06. The predicted molar refractivity (Wildman–Crippen MR) is 92.3 cm³/mol. The zero-order chi connectivity index (χ0) is 15.2. The highest BCUT2D eigenvalue weighted by Gasteiger charge is 2.12. The summed E-state index contributed by atoms with van der Waals surface area (Å²) < 4.78 is 21.9. The van der Waals surface area contributed by atoms with Crippen LogP contribution in [0.5, 0.6) is 0 Å². The van der Waals surface area contributed by atoms with E-state index in [-0.39, 0.29) is 5.82 Å². The zero-order valence-corrected chi connectivity index (χ0v) is 15.0. The Hall–Kier alpha value is -0.400. The van der Waals surface area contributed by atoms with Gasteiger partial charge in [-0.2, -0.15) is 0 Å². The van der Waals surface area contributed by atoms with E-state index in [0.717, 1.165) is 49.3 Å². The molecule has 21 heavy (non-hydrogen) atoms. The van der Waals surface area contributed by atoms with Crippen molar-refractivity contribution in [3.05, 3.63) is 27.3 Å². The van der Waals surface area contributed by atoms with Crippen LogP contribution < -0.4 is 0 Å². The number of aryl methyl sites for hydroxylation is 1. The highest BCUT2D eigenvalue weighted by atomic mass is 127. The predicted octanol–water partition coefficient (Wildman–Crippen LogP) is 4.73. The second-order valence-electron chi connectivity index (χ2n) is 4.89. The number of hydrogen-bond donors (Lipinski definition) is 0. The van der Waals surface area contributed by atoms with E-state index in [9.17, 15) is 4.39 Å². The Balaban J connectivity index is 2.08. The van der Waals surface area contributed by atoms with E-state index in [2.05, 4.69) is 11.9 Å². The van der Waals surface area contributed by atoms with Crippen LogP contribution >= 0.6 is 34.2 Å². The minimum atomic E-state index is -0.218. The van der Waals surface area contributed by atoms with Crippen LogP contribution in [-0.4, -0.2) is 22.8 Å². The molecule has 0 bridgehead atoms. The second kappa shape index (κ2) is 8.29. The number of imidazole rings is 1. The summed E-state index contributed by atoms with van der Waals surface area (Å²) in [5.41, 5.74) is 1.60. The Labute approximate surface area is 143 Å². The number of rotatable bonds is 8. The van der Waals surface area contributed by atoms with Crippen molar-refractivity contribution in [2.45, 2.75) is 38.6 Å². The van der Waals surface area contributed by atoms with Crippen molar-refractivity contribution < 1.29 is 9.13 Å². The number of halogens is 3. The quantitative estimate of drug-likeness (QED) is 0.348. The molecule has 6 heteroatoms. The summed E-state index contributed by atoms with van der Waals surface area (Å²) in [6.07, 6.45) is 3.09. The van der Waals surface area contributed by atoms with E-state index in [1.54, 1.807) is 6.07 Å². The number of fused-ring (bicyclic) bond motifs is 1. The van der Waals surface area contributed by atoms with Crippen LogP contribution in [0.2, 0.25) is 0 Å². The average Bonchev–Trinajstić information content (AvgIpc) is 2.80. The Morgan fingerprint density at radius 1 is 1.33 bits per heavy atom. The first-order chi connectivity index (χ1) is 10.2. The summed E-state index contributed by atoms with van der Waals surface area (Å²) in [6, 6.07) is 3.30. The number of hydrogen-bond acceptors (Lipinski definition) is 2. The van der Waals surface area contributed by atoms with Crippen molar-refractivity contribution in [2.75, 3.05) is 13.2 Å². The van der Waals surface area contributed by atoms with E-state index < -0.39 is 0 Å². The van der Waals surface area contributed by atoms with Crippen LogP contribution in [0.25, 0.3) is 11.0 Å². The van der Waals surface area contributed by atoms with E-state index in [1.165, 1.54) is 6.07 Å². The molecule has 0 spiro atoms. The molecule has 0 saturated carbocycles. The van der Waals surface area contributed by atoms with Gasteiger partial charge in [-0.15, -0.1) is 11.6 Å². The molecular weight excluding hydrogens is 406 g/mol. The van der Waals surface area contributed by atoms with E-state index >= 15 is 0 Å². The standard InChI is InChI=1S/C15H19ClFIN2O/c1-2-3-6-21-7-4-5-20-14-8-11(17)12(18)9-13(14)19-15(20)10-16/h8-9H,2-7,10H2,1H3. The van der Waals surface area contributed by atoms with Gasteiger partial charge in [0.2, 0.25) is 0 Å². The Kier molecular flexibility index (Phi) is 6.70. The molecule has 0 radical (unpaired) electrons. The first-order valence-corrected chi connectivity index (χ1v) is 8.76. The topological polar surface area (TPSA) is 27.1 Å². The molecule has 0 atom stereocenters. The van der Waals surface area contributed by atoms with E-state index in [1.807, 2.05) is 27.2 Å². The Bertz CT molecular complexity index is 603. The van der Waals surface area contributed by atoms with Gasteiger partial charge >= 0.3 is 0 Å². The molecule has 0 fully saturated rings. The largest absolute Gasteiger partial charge is 0.381 e. The zero-order valence-electron chi connectivity index (χ0n) is 12.0. The third kappa shape index (κ3) is 4.29. The molecule has 1 heterocycles. The number of benzene rings is 1. The number of aromatic nitrogens is 2. The van der Waals surface area contributed by atoms with Crippen LogP contribution in [0.15, 0.2) is 12.1 Å². The van der Waals surface area contributed by atoms with Crippen LogP contribution in [-0.2, 0) is 17.2 Å². The second-order valence-corrected chi connectivity index (χ2v) is 6.32. The van der Waals surface area contributed by atoms with Gasteiger partial charge in [0, 0.05) is 25.8 Å². The summed E-state index contributed by atoms with van der Waals surface area (Å²) >= 11 is 7.93. The minimum Gasteiger partial charge on any atom is -0.381 e. The molecular formula is C15H19ClFIN2O. The van der Waals surface area contributed by atoms with Crippen molar-refractivity contribution >= 4 is 45.2 Å². The lowest BCUT2D eigenvalue weighted by atomic mass is 10.3. The number of nitrogens with zero attached hydrogens (tertiary/aromatic N) is 2. The molecule has 0 unspecified atom stereocenters. The molecule has 0 N–H and O–H groups in total. The molecule has 0 aliphatic carbocycles. The van der Waals surface area contributed by atoms with Crippen LogP contribution in [0, 0.1) is 9.39 Å².